The fourth-order valence-electron chi connectivity index (χ4n) is 2.10. The quantitative estimate of drug-likeness (QED) is 0.478. The molecule has 1 aromatic heterocycles. The summed E-state index contributed by atoms with van der Waals surface area (Å²) in [6.07, 6.45) is 0. The summed E-state index contributed by atoms with van der Waals surface area (Å²) in [5.74, 6) is -0.461. The first kappa shape index (κ1) is 18.9. The van der Waals surface area contributed by atoms with Crippen molar-refractivity contribution in [1.29, 1.82) is 0 Å². The van der Waals surface area contributed by atoms with Crippen molar-refractivity contribution in [2.24, 2.45) is 16.5 Å². The molecule has 0 radical (unpaired) electrons. The van der Waals surface area contributed by atoms with Gasteiger partial charge in [-0.1, -0.05) is 5.16 Å². The molecule has 9 heteroatoms. The van der Waals surface area contributed by atoms with Crippen molar-refractivity contribution in [1.82, 2.24) is 5.16 Å². The number of carbonyl (C=O) groups is 1. The fourth-order valence-corrected chi connectivity index (χ4v) is 2.10. The molecule has 7 nitrogen and oxygen atoms in total. The van der Waals surface area contributed by atoms with Crippen molar-refractivity contribution in [2.75, 3.05) is 5.32 Å². The Labute approximate surface area is 154 Å². The zero-order valence-electron chi connectivity index (χ0n) is 13.3. The molecule has 0 bridgehead atoms. The Morgan fingerprint density at radius 1 is 1.08 bits per heavy atom. The summed E-state index contributed by atoms with van der Waals surface area (Å²) in [6, 6.07) is 13.8. The molecule has 3 aromatic rings. The number of carbonyl (C=O) groups excluding carboxylic acids is 1. The zero-order chi connectivity index (χ0) is 17.8. The number of nitrogens with one attached hydrogen (secondary N) is 1. The van der Waals surface area contributed by atoms with Gasteiger partial charge < -0.3 is 21.3 Å². The van der Waals surface area contributed by atoms with Crippen LogP contribution in [0.3, 0.4) is 0 Å². The second kappa shape index (κ2) is 8.13. The first-order valence-electron chi connectivity index (χ1n) is 7.25. The van der Waals surface area contributed by atoms with E-state index in [9.17, 15) is 9.18 Å². The number of amides is 1. The number of anilines is 1. The van der Waals surface area contributed by atoms with Gasteiger partial charge in [-0.15, -0.1) is 12.4 Å². The molecular formula is C17H15ClFN5O2. The molecule has 2 aromatic carbocycles. The second-order valence-electron chi connectivity index (χ2n) is 5.12. The van der Waals surface area contributed by atoms with Crippen molar-refractivity contribution < 1.29 is 13.7 Å². The highest BCUT2D eigenvalue weighted by Gasteiger charge is 2.14. The first-order valence-corrected chi connectivity index (χ1v) is 7.25. The number of hydrogen-bond acceptors (Lipinski definition) is 4. The SMILES string of the molecule is Cl.NC(N)=Nc1ccc(-c2cc(C(=O)Nc3ccc(F)cc3)no2)cc1. The molecule has 0 saturated carbocycles. The minimum atomic E-state index is -0.460. The van der Waals surface area contributed by atoms with E-state index in [2.05, 4.69) is 15.5 Å². The van der Waals surface area contributed by atoms with Gasteiger partial charge >= 0.3 is 0 Å². The minimum absolute atomic E-state index is 0. The first-order chi connectivity index (χ1) is 12.0. The van der Waals surface area contributed by atoms with E-state index in [0.29, 0.717) is 22.7 Å². The molecule has 1 heterocycles. The van der Waals surface area contributed by atoms with Gasteiger partial charge in [0.2, 0.25) is 0 Å². The lowest BCUT2D eigenvalue weighted by atomic mass is 10.1. The zero-order valence-corrected chi connectivity index (χ0v) is 14.2. The highest BCUT2D eigenvalue weighted by atomic mass is 35.5. The van der Waals surface area contributed by atoms with Gasteiger partial charge in [-0.05, 0) is 48.5 Å². The molecule has 0 aliphatic rings. The Hall–Kier alpha value is -3.39. The van der Waals surface area contributed by atoms with Crippen LogP contribution in [0.4, 0.5) is 15.8 Å². The van der Waals surface area contributed by atoms with Crippen molar-refractivity contribution in [2.45, 2.75) is 0 Å². The van der Waals surface area contributed by atoms with E-state index in [1.54, 1.807) is 24.3 Å². The number of aromatic nitrogens is 1. The maximum atomic E-state index is 12.9. The summed E-state index contributed by atoms with van der Waals surface area (Å²) < 4.78 is 18.1. The second-order valence-corrected chi connectivity index (χ2v) is 5.12. The Bertz CT molecular complexity index is 919. The van der Waals surface area contributed by atoms with Gasteiger partial charge in [0.05, 0.1) is 5.69 Å². The Kier molecular flexibility index (Phi) is 5.92. The molecule has 0 aliphatic heterocycles. The molecule has 0 atom stereocenters. The van der Waals surface area contributed by atoms with Crippen LogP contribution in [0.2, 0.25) is 0 Å². The maximum absolute atomic E-state index is 12.9. The summed E-state index contributed by atoms with van der Waals surface area (Å²) in [5, 5.41) is 6.36. The third kappa shape index (κ3) is 4.58. The number of hydrogen-bond donors (Lipinski definition) is 3. The Balaban J connectivity index is 0.00000243. The average Bonchev–Trinajstić information content (AvgIpc) is 3.07. The topological polar surface area (TPSA) is 120 Å². The number of rotatable bonds is 4. The Morgan fingerprint density at radius 3 is 2.35 bits per heavy atom. The minimum Gasteiger partial charge on any atom is -0.370 e. The third-order valence-electron chi connectivity index (χ3n) is 3.25. The molecule has 0 spiro atoms. The fraction of sp³-hybridized carbons (Fsp3) is 0. The summed E-state index contributed by atoms with van der Waals surface area (Å²) in [4.78, 5) is 16.1. The number of benzene rings is 2. The van der Waals surface area contributed by atoms with Crippen LogP contribution in [0.1, 0.15) is 10.5 Å². The van der Waals surface area contributed by atoms with E-state index < -0.39 is 5.91 Å². The monoisotopic (exact) mass is 375 g/mol. The number of guanidine groups is 1. The number of nitrogens with zero attached hydrogens (tertiary/aromatic N) is 2. The smallest absolute Gasteiger partial charge is 0.277 e. The lowest BCUT2D eigenvalue weighted by molar-refractivity contribution is 0.101. The molecule has 0 saturated heterocycles. The molecule has 5 N–H and O–H groups in total. The van der Waals surface area contributed by atoms with E-state index in [1.165, 1.54) is 30.3 Å². The van der Waals surface area contributed by atoms with E-state index in [0.717, 1.165) is 0 Å². The summed E-state index contributed by atoms with van der Waals surface area (Å²) in [5.41, 5.74) is 12.5. The lowest BCUT2D eigenvalue weighted by Gasteiger charge is -2.01. The van der Waals surface area contributed by atoms with Gasteiger partial charge in [-0.3, -0.25) is 4.79 Å². The van der Waals surface area contributed by atoms with Gasteiger partial charge in [-0.2, -0.15) is 0 Å². The molecular weight excluding hydrogens is 361 g/mol. The maximum Gasteiger partial charge on any atom is 0.277 e. The van der Waals surface area contributed by atoms with Crippen LogP contribution in [-0.4, -0.2) is 17.0 Å². The van der Waals surface area contributed by atoms with E-state index in [4.69, 9.17) is 16.0 Å². The highest BCUT2D eigenvalue weighted by Crippen LogP contribution is 2.23. The number of aliphatic imine (C=N–C) groups is 1. The highest BCUT2D eigenvalue weighted by molar-refractivity contribution is 6.03. The van der Waals surface area contributed by atoms with E-state index in [-0.39, 0.29) is 29.9 Å². The van der Waals surface area contributed by atoms with Crippen LogP contribution in [0.25, 0.3) is 11.3 Å². The third-order valence-corrected chi connectivity index (χ3v) is 3.25. The normalized spacial score (nSPS) is 9.88. The van der Waals surface area contributed by atoms with Crippen LogP contribution in [0.15, 0.2) is 64.1 Å². The Morgan fingerprint density at radius 2 is 1.73 bits per heavy atom. The predicted octanol–water partition coefficient (Wildman–Crippen LogP) is 3.06. The molecule has 0 fully saturated rings. The van der Waals surface area contributed by atoms with Gasteiger partial charge in [0.1, 0.15) is 5.82 Å². The summed E-state index contributed by atoms with van der Waals surface area (Å²) >= 11 is 0. The van der Waals surface area contributed by atoms with Gasteiger partial charge in [0.25, 0.3) is 5.91 Å². The number of halogens is 2. The number of nitrogens with two attached hydrogens (primary N) is 2. The molecule has 26 heavy (non-hydrogen) atoms. The van der Waals surface area contributed by atoms with Crippen molar-refractivity contribution in [3.05, 3.63) is 66.1 Å². The summed E-state index contributed by atoms with van der Waals surface area (Å²) in [7, 11) is 0. The predicted molar refractivity (Wildman–Crippen MR) is 99.0 cm³/mol. The largest absolute Gasteiger partial charge is 0.370 e. The molecule has 134 valence electrons. The average molecular weight is 376 g/mol. The standard InChI is InChI=1S/C17H14FN5O2.ClH/c18-11-3-7-12(8-4-11)21-16(24)14-9-15(25-23-14)10-1-5-13(6-2-10)22-17(19)20;/h1-9H,(H,21,24)(H4,19,20,22);1H. The van der Waals surface area contributed by atoms with Crippen LogP contribution < -0.4 is 16.8 Å². The van der Waals surface area contributed by atoms with Crippen LogP contribution in [-0.2, 0) is 0 Å². The summed E-state index contributed by atoms with van der Waals surface area (Å²) in [6.45, 7) is 0. The van der Waals surface area contributed by atoms with Crippen molar-refractivity contribution in [3.8, 4) is 11.3 Å². The molecule has 0 unspecified atom stereocenters. The molecule has 0 aliphatic carbocycles. The van der Waals surface area contributed by atoms with Crippen LogP contribution >= 0.6 is 12.4 Å². The van der Waals surface area contributed by atoms with Crippen LogP contribution in [0.5, 0.6) is 0 Å². The van der Waals surface area contributed by atoms with Gasteiger partial charge in [0.15, 0.2) is 17.4 Å². The van der Waals surface area contributed by atoms with Crippen molar-refractivity contribution in [3.63, 3.8) is 0 Å². The lowest BCUT2D eigenvalue weighted by Crippen LogP contribution is -2.21. The molecule has 3 rings (SSSR count). The van der Waals surface area contributed by atoms with E-state index >= 15 is 0 Å². The van der Waals surface area contributed by atoms with E-state index in [1.807, 2.05) is 0 Å². The van der Waals surface area contributed by atoms with Gasteiger partial charge in [-0.25, -0.2) is 9.38 Å². The van der Waals surface area contributed by atoms with Crippen molar-refractivity contribution >= 4 is 35.6 Å². The van der Waals surface area contributed by atoms with Gasteiger partial charge in [0, 0.05) is 17.3 Å². The van der Waals surface area contributed by atoms with Crippen LogP contribution in [0, 0.1) is 5.82 Å². The molecule has 1 amide bonds.